The van der Waals surface area contributed by atoms with E-state index in [2.05, 4.69) is 19.6 Å². The van der Waals surface area contributed by atoms with Crippen molar-refractivity contribution in [3.63, 3.8) is 0 Å². The monoisotopic (exact) mass is 238 g/mol. The molecule has 0 aliphatic carbocycles. The molecule has 0 unspecified atom stereocenters. The number of ether oxygens (including phenoxy) is 1. The molecule has 0 aliphatic rings. The second-order valence-corrected chi connectivity index (χ2v) is 9.06. The van der Waals surface area contributed by atoms with Crippen molar-refractivity contribution in [3.8, 4) is 11.5 Å². The predicted octanol–water partition coefficient (Wildman–Crippen LogP) is 3.11. The van der Waals surface area contributed by atoms with Crippen LogP contribution in [0.25, 0.3) is 0 Å². The minimum atomic E-state index is -1.70. The number of benzene rings is 1. The van der Waals surface area contributed by atoms with Gasteiger partial charge in [0.15, 0.2) is 5.78 Å². The second-order valence-electron chi connectivity index (χ2n) is 4.63. The Bertz CT molecular complexity index is 394. The van der Waals surface area contributed by atoms with Gasteiger partial charge in [0, 0.05) is 0 Å². The van der Waals surface area contributed by atoms with Crippen LogP contribution in [0.3, 0.4) is 0 Å². The molecule has 0 atom stereocenters. The average molecular weight is 238 g/mol. The van der Waals surface area contributed by atoms with E-state index in [9.17, 15) is 4.79 Å². The molecular formula is C12H18O3Si. The average Bonchev–Trinajstić information content (AvgIpc) is 2.15. The number of Topliss-reactive ketones (excluding diaryl/α,β-unsaturated/α-hetero) is 1. The first-order chi connectivity index (χ1) is 7.33. The Kier molecular flexibility index (Phi) is 3.75. The van der Waals surface area contributed by atoms with Crippen molar-refractivity contribution in [1.29, 1.82) is 0 Å². The minimum absolute atomic E-state index is 0.00727. The van der Waals surface area contributed by atoms with Crippen LogP contribution in [0.5, 0.6) is 11.5 Å². The summed E-state index contributed by atoms with van der Waals surface area (Å²) in [6.45, 7) is 7.79. The SMILES string of the molecule is COc1ccc(O[Si](C)(C)C)c(C(C)=O)c1. The predicted molar refractivity (Wildman–Crippen MR) is 67.0 cm³/mol. The molecule has 0 radical (unpaired) electrons. The quantitative estimate of drug-likeness (QED) is 0.597. The Morgan fingerprint density at radius 1 is 1.25 bits per heavy atom. The van der Waals surface area contributed by atoms with E-state index in [-0.39, 0.29) is 5.78 Å². The fourth-order valence-corrected chi connectivity index (χ4v) is 2.17. The number of hydrogen-bond acceptors (Lipinski definition) is 3. The summed E-state index contributed by atoms with van der Waals surface area (Å²) >= 11 is 0. The molecule has 3 nitrogen and oxygen atoms in total. The Balaban J connectivity index is 3.13. The summed E-state index contributed by atoms with van der Waals surface area (Å²) in [5, 5.41) is 0. The van der Waals surface area contributed by atoms with Crippen LogP contribution in [0.15, 0.2) is 18.2 Å². The van der Waals surface area contributed by atoms with Gasteiger partial charge in [-0.05, 0) is 44.8 Å². The highest BCUT2D eigenvalue weighted by molar-refractivity contribution is 6.70. The molecular weight excluding hydrogens is 220 g/mol. The number of hydrogen-bond donors (Lipinski definition) is 0. The third kappa shape index (κ3) is 3.38. The molecule has 0 amide bonds. The maximum absolute atomic E-state index is 11.5. The Morgan fingerprint density at radius 3 is 2.31 bits per heavy atom. The molecule has 0 aromatic heterocycles. The summed E-state index contributed by atoms with van der Waals surface area (Å²) < 4.78 is 10.9. The smallest absolute Gasteiger partial charge is 0.242 e. The standard InChI is InChI=1S/C12H18O3Si/c1-9(13)11-8-10(14-2)6-7-12(11)15-16(3,4)5/h6-8H,1-5H3. The van der Waals surface area contributed by atoms with Crippen molar-refractivity contribution in [2.45, 2.75) is 26.6 Å². The van der Waals surface area contributed by atoms with Crippen molar-refractivity contribution in [2.24, 2.45) is 0 Å². The van der Waals surface area contributed by atoms with E-state index >= 15 is 0 Å². The number of carbonyl (C=O) groups is 1. The van der Waals surface area contributed by atoms with Gasteiger partial charge in [0.1, 0.15) is 11.5 Å². The fraction of sp³-hybridized carbons (Fsp3) is 0.417. The van der Waals surface area contributed by atoms with Crippen molar-refractivity contribution < 1.29 is 14.0 Å². The van der Waals surface area contributed by atoms with Crippen LogP contribution in [0, 0.1) is 0 Å². The lowest BCUT2D eigenvalue weighted by atomic mass is 10.1. The van der Waals surface area contributed by atoms with E-state index in [1.807, 2.05) is 6.07 Å². The maximum Gasteiger partial charge on any atom is 0.242 e. The zero-order chi connectivity index (χ0) is 12.3. The topological polar surface area (TPSA) is 35.5 Å². The Morgan fingerprint density at radius 2 is 1.88 bits per heavy atom. The van der Waals surface area contributed by atoms with Crippen molar-refractivity contribution in [2.75, 3.05) is 7.11 Å². The summed E-state index contributed by atoms with van der Waals surface area (Å²) in [6, 6.07) is 5.33. The zero-order valence-electron chi connectivity index (χ0n) is 10.5. The van der Waals surface area contributed by atoms with Crippen molar-refractivity contribution in [3.05, 3.63) is 23.8 Å². The van der Waals surface area contributed by atoms with Crippen LogP contribution in [-0.2, 0) is 0 Å². The summed E-state index contributed by atoms with van der Waals surface area (Å²) in [5.41, 5.74) is 0.585. The minimum Gasteiger partial charge on any atom is -0.544 e. The van der Waals surface area contributed by atoms with Crippen LogP contribution in [0.4, 0.5) is 0 Å². The summed E-state index contributed by atoms with van der Waals surface area (Å²) in [7, 11) is -0.114. The van der Waals surface area contributed by atoms with Gasteiger partial charge in [0.2, 0.25) is 8.32 Å². The van der Waals surface area contributed by atoms with Gasteiger partial charge in [-0.2, -0.15) is 0 Å². The first kappa shape index (κ1) is 12.8. The molecule has 0 saturated carbocycles. The Labute approximate surface area is 97.5 Å². The fourth-order valence-electron chi connectivity index (χ4n) is 1.33. The van der Waals surface area contributed by atoms with Crippen LogP contribution in [-0.4, -0.2) is 21.2 Å². The van der Waals surface area contributed by atoms with Crippen molar-refractivity contribution >= 4 is 14.1 Å². The molecule has 0 N–H and O–H groups in total. The van der Waals surface area contributed by atoms with Gasteiger partial charge in [-0.25, -0.2) is 0 Å². The van der Waals surface area contributed by atoms with Gasteiger partial charge >= 0.3 is 0 Å². The molecule has 0 heterocycles. The number of rotatable bonds is 4. The third-order valence-electron chi connectivity index (χ3n) is 1.98. The third-order valence-corrected chi connectivity index (χ3v) is 2.81. The number of carbonyl (C=O) groups excluding carboxylic acids is 1. The molecule has 4 heteroatoms. The maximum atomic E-state index is 11.5. The van der Waals surface area contributed by atoms with E-state index < -0.39 is 8.32 Å². The molecule has 0 fully saturated rings. The van der Waals surface area contributed by atoms with Crippen LogP contribution in [0.1, 0.15) is 17.3 Å². The summed E-state index contributed by atoms with van der Waals surface area (Å²) in [6.07, 6.45) is 0. The lowest BCUT2D eigenvalue weighted by molar-refractivity contribution is 0.101. The van der Waals surface area contributed by atoms with Gasteiger partial charge in [-0.3, -0.25) is 4.79 Å². The molecule has 16 heavy (non-hydrogen) atoms. The second kappa shape index (κ2) is 4.70. The normalized spacial score (nSPS) is 11.1. The van der Waals surface area contributed by atoms with E-state index in [4.69, 9.17) is 9.16 Å². The number of ketones is 1. The molecule has 88 valence electrons. The van der Waals surface area contributed by atoms with E-state index in [1.54, 1.807) is 19.2 Å². The first-order valence-electron chi connectivity index (χ1n) is 5.21. The largest absolute Gasteiger partial charge is 0.544 e. The van der Waals surface area contributed by atoms with Crippen LogP contribution >= 0.6 is 0 Å². The van der Waals surface area contributed by atoms with Gasteiger partial charge in [-0.1, -0.05) is 0 Å². The van der Waals surface area contributed by atoms with Gasteiger partial charge in [-0.15, -0.1) is 0 Å². The van der Waals surface area contributed by atoms with E-state index in [0.717, 1.165) is 0 Å². The summed E-state index contributed by atoms with van der Waals surface area (Å²) in [4.78, 5) is 11.5. The van der Waals surface area contributed by atoms with Crippen LogP contribution in [0.2, 0.25) is 19.6 Å². The van der Waals surface area contributed by atoms with E-state index in [0.29, 0.717) is 17.1 Å². The van der Waals surface area contributed by atoms with Crippen molar-refractivity contribution in [1.82, 2.24) is 0 Å². The summed E-state index contributed by atoms with van der Waals surface area (Å²) in [5.74, 6) is 1.33. The molecule has 0 aliphatic heterocycles. The molecule has 0 saturated heterocycles. The lowest BCUT2D eigenvalue weighted by Gasteiger charge is -2.21. The van der Waals surface area contributed by atoms with Gasteiger partial charge in [0.05, 0.1) is 12.7 Å². The molecule has 0 spiro atoms. The van der Waals surface area contributed by atoms with E-state index in [1.165, 1.54) is 6.92 Å². The lowest BCUT2D eigenvalue weighted by Crippen LogP contribution is -2.30. The molecule has 1 rings (SSSR count). The highest BCUT2D eigenvalue weighted by atomic mass is 28.4. The molecule has 1 aromatic rings. The first-order valence-corrected chi connectivity index (χ1v) is 8.62. The number of methoxy groups -OCH3 is 1. The highest BCUT2D eigenvalue weighted by Gasteiger charge is 2.19. The molecule has 0 bridgehead atoms. The zero-order valence-corrected chi connectivity index (χ0v) is 11.5. The highest BCUT2D eigenvalue weighted by Crippen LogP contribution is 2.26. The van der Waals surface area contributed by atoms with Gasteiger partial charge in [0.25, 0.3) is 0 Å². The Hall–Kier alpha value is -1.29. The van der Waals surface area contributed by atoms with Crippen LogP contribution < -0.4 is 9.16 Å². The van der Waals surface area contributed by atoms with Gasteiger partial charge < -0.3 is 9.16 Å². The molecule has 1 aromatic carbocycles.